The zero-order valence-corrected chi connectivity index (χ0v) is 13.7. The van der Waals surface area contributed by atoms with Crippen LogP contribution in [0.5, 0.6) is 5.75 Å². The summed E-state index contributed by atoms with van der Waals surface area (Å²) >= 11 is 0. The molecule has 0 spiro atoms. The second-order valence-corrected chi connectivity index (χ2v) is 7.60. The normalized spacial score (nSPS) is 12.1. The van der Waals surface area contributed by atoms with Crippen LogP contribution in [0.1, 0.15) is 26.5 Å². The van der Waals surface area contributed by atoms with Gasteiger partial charge in [-0.2, -0.15) is 0 Å². The highest BCUT2D eigenvalue weighted by Gasteiger charge is 2.16. The van der Waals surface area contributed by atoms with Crippen LogP contribution in [0.2, 0.25) is 0 Å². The summed E-state index contributed by atoms with van der Waals surface area (Å²) in [5, 5.41) is 0. The maximum atomic E-state index is 12.2. The molecule has 1 aromatic heterocycles. The largest absolute Gasteiger partial charge is 0.488 e. The molecule has 0 aliphatic rings. The van der Waals surface area contributed by atoms with Gasteiger partial charge in [-0.3, -0.25) is 4.98 Å². The molecule has 1 N–H and O–H groups in total. The topological polar surface area (TPSA) is 68.3 Å². The van der Waals surface area contributed by atoms with Crippen LogP contribution in [0, 0.1) is 0 Å². The molecule has 0 aliphatic carbocycles. The van der Waals surface area contributed by atoms with E-state index in [4.69, 9.17) is 4.74 Å². The van der Waals surface area contributed by atoms with Gasteiger partial charge >= 0.3 is 0 Å². The lowest BCUT2D eigenvalue weighted by molar-refractivity contribution is 0.131. The van der Waals surface area contributed by atoms with E-state index in [-0.39, 0.29) is 17.0 Å². The highest BCUT2D eigenvalue weighted by Crippen LogP contribution is 2.20. The van der Waals surface area contributed by atoms with Crippen LogP contribution in [0.25, 0.3) is 0 Å². The SMILES string of the molecule is CC(C)(C)Oc1ccc(S(=O)(=O)NCc2ccccn2)cc1. The number of hydrogen-bond donors (Lipinski definition) is 1. The fourth-order valence-corrected chi connectivity index (χ4v) is 2.79. The minimum atomic E-state index is -3.56. The van der Waals surface area contributed by atoms with Gasteiger partial charge < -0.3 is 4.74 Å². The summed E-state index contributed by atoms with van der Waals surface area (Å²) in [4.78, 5) is 4.28. The molecule has 0 fully saturated rings. The number of hydrogen-bond acceptors (Lipinski definition) is 4. The van der Waals surface area contributed by atoms with Gasteiger partial charge in [0.15, 0.2) is 0 Å². The van der Waals surface area contributed by atoms with Crippen molar-refractivity contribution in [1.29, 1.82) is 0 Å². The summed E-state index contributed by atoms with van der Waals surface area (Å²) in [5.74, 6) is 0.635. The molecule has 0 aliphatic heterocycles. The fraction of sp³-hybridized carbons (Fsp3) is 0.312. The summed E-state index contributed by atoms with van der Waals surface area (Å²) in [6, 6.07) is 11.7. The van der Waals surface area contributed by atoms with Gasteiger partial charge in [-0.05, 0) is 57.2 Å². The Bertz CT molecular complexity index is 705. The number of aromatic nitrogens is 1. The first-order valence-electron chi connectivity index (χ1n) is 6.95. The average Bonchev–Trinajstić information content (AvgIpc) is 2.45. The van der Waals surface area contributed by atoms with Crippen LogP contribution in [-0.2, 0) is 16.6 Å². The number of rotatable bonds is 5. The summed E-state index contributed by atoms with van der Waals surface area (Å²) < 4.78 is 32.6. The molecule has 6 heteroatoms. The van der Waals surface area contributed by atoms with Crippen molar-refractivity contribution in [3.8, 4) is 5.75 Å². The van der Waals surface area contributed by atoms with Gasteiger partial charge in [0.1, 0.15) is 11.4 Å². The number of sulfonamides is 1. The molecule has 0 atom stereocenters. The van der Waals surface area contributed by atoms with Crippen molar-refractivity contribution in [2.24, 2.45) is 0 Å². The molecule has 1 aromatic carbocycles. The van der Waals surface area contributed by atoms with E-state index in [1.165, 1.54) is 12.1 Å². The lowest BCUT2D eigenvalue weighted by Gasteiger charge is -2.21. The van der Waals surface area contributed by atoms with Crippen LogP contribution in [0.4, 0.5) is 0 Å². The van der Waals surface area contributed by atoms with Gasteiger partial charge in [0.25, 0.3) is 0 Å². The van der Waals surface area contributed by atoms with Crippen LogP contribution in [-0.4, -0.2) is 19.0 Å². The molecule has 2 aromatic rings. The van der Waals surface area contributed by atoms with Gasteiger partial charge in [0.2, 0.25) is 10.0 Å². The van der Waals surface area contributed by atoms with Crippen molar-refractivity contribution in [3.63, 3.8) is 0 Å². The van der Waals surface area contributed by atoms with E-state index in [2.05, 4.69) is 9.71 Å². The molecule has 0 amide bonds. The Balaban J connectivity index is 2.06. The summed E-state index contributed by atoms with van der Waals surface area (Å²) in [7, 11) is -3.56. The van der Waals surface area contributed by atoms with Gasteiger partial charge in [-0.15, -0.1) is 0 Å². The Labute approximate surface area is 131 Å². The molecule has 0 saturated carbocycles. The third-order valence-electron chi connectivity index (χ3n) is 2.73. The van der Waals surface area contributed by atoms with Crippen LogP contribution < -0.4 is 9.46 Å². The van der Waals surface area contributed by atoms with Crippen molar-refractivity contribution in [1.82, 2.24) is 9.71 Å². The smallest absolute Gasteiger partial charge is 0.240 e. The first-order chi connectivity index (χ1) is 10.3. The Morgan fingerprint density at radius 2 is 1.77 bits per heavy atom. The molecule has 22 heavy (non-hydrogen) atoms. The Hall–Kier alpha value is -1.92. The van der Waals surface area contributed by atoms with E-state index in [1.807, 2.05) is 26.8 Å². The lowest BCUT2D eigenvalue weighted by atomic mass is 10.2. The monoisotopic (exact) mass is 320 g/mol. The number of nitrogens with zero attached hydrogens (tertiary/aromatic N) is 1. The van der Waals surface area contributed by atoms with Gasteiger partial charge in [0.05, 0.1) is 17.1 Å². The predicted molar refractivity (Wildman–Crippen MR) is 85.1 cm³/mol. The quantitative estimate of drug-likeness (QED) is 0.920. The standard InChI is InChI=1S/C16H20N2O3S/c1-16(2,3)21-14-7-9-15(10-8-14)22(19,20)18-12-13-6-4-5-11-17-13/h4-11,18H,12H2,1-3H3. The molecule has 0 saturated heterocycles. The van der Waals surface area contributed by atoms with Crippen LogP contribution >= 0.6 is 0 Å². The van der Waals surface area contributed by atoms with Crippen molar-refractivity contribution in [2.45, 2.75) is 37.8 Å². The van der Waals surface area contributed by atoms with E-state index in [9.17, 15) is 8.42 Å². The molecule has 5 nitrogen and oxygen atoms in total. The fourth-order valence-electron chi connectivity index (χ4n) is 1.80. The Morgan fingerprint density at radius 1 is 1.09 bits per heavy atom. The van der Waals surface area contributed by atoms with E-state index >= 15 is 0 Å². The number of benzene rings is 1. The Kier molecular flexibility index (Phi) is 4.83. The van der Waals surface area contributed by atoms with Crippen molar-refractivity contribution in [3.05, 3.63) is 54.4 Å². The maximum absolute atomic E-state index is 12.2. The highest BCUT2D eigenvalue weighted by molar-refractivity contribution is 7.89. The zero-order chi connectivity index (χ0) is 16.2. The van der Waals surface area contributed by atoms with Crippen molar-refractivity contribution >= 4 is 10.0 Å². The summed E-state index contributed by atoms with van der Waals surface area (Å²) in [6.07, 6.45) is 1.63. The number of pyridine rings is 1. The predicted octanol–water partition coefficient (Wildman–Crippen LogP) is 2.74. The molecule has 0 bridgehead atoms. The first-order valence-corrected chi connectivity index (χ1v) is 8.43. The van der Waals surface area contributed by atoms with Gasteiger partial charge in [-0.25, -0.2) is 13.1 Å². The average molecular weight is 320 g/mol. The Morgan fingerprint density at radius 3 is 2.32 bits per heavy atom. The molecule has 118 valence electrons. The van der Waals surface area contributed by atoms with E-state index in [1.54, 1.807) is 30.5 Å². The second kappa shape index (κ2) is 6.46. The molecule has 0 radical (unpaired) electrons. The van der Waals surface area contributed by atoms with E-state index in [0.717, 1.165) is 0 Å². The lowest BCUT2D eigenvalue weighted by Crippen LogP contribution is -2.24. The van der Waals surface area contributed by atoms with Crippen LogP contribution in [0.3, 0.4) is 0 Å². The molecular weight excluding hydrogens is 300 g/mol. The zero-order valence-electron chi connectivity index (χ0n) is 12.9. The minimum absolute atomic E-state index is 0.156. The van der Waals surface area contributed by atoms with E-state index in [0.29, 0.717) is 11.4 Å². The van der Waals surface area contributed by atoms with Crippen molar-refractivity contribution in [2.75, 3.05) is 0 Å². The number of nitrogens with one attached hydrogen (secondary N) is 1. The number of ether oxygens (including phenoxy) is 1. The highest BCUT2D eigenvalue weighted by atomic mass is 32.2. The third kappa shape index (κ3) is 4.82. The van der Waals surface area contributed by atoms with Crippen LogP contribution in [0.15, 0.2) is 53.6 Å². The van der Waals surface area contributed by atoms with E-state index < -0.39 is 10.0 Å². The van der Waals surface area contributed by atoms with Gasteiger partial charge in [0, 0.05) is 6.20 Å². The second-order valence-electron chi connectivity index (χ2n) is 5.83. The third-order valence-corrected chi connectivity index (χ3v) is 4.14. The summed E-state index contributed by atoms with van der Waals surface area (Å²) in [6.45, 7) is 5.97. The minimum Gasteiger partial charge on any atom is -0.488 e. The molecule has 1 heterocycles. The maximum Gasteiger partial charge on any atom is 0.240 e. The summed E-state index contributed by atoms with van der Waals surface area (Å²) in [5.41, 5.74) is 0.344. The van der Waals surface area contributed by atoms with Gasteiger partial charge in [-0.1, -0.05) is 6.07 Å². The van der Waals surface area contributed by atoms with Crippen molar-refractivity contribution < 1.29 is 13.2 Å². The molecular formula is C16H20N2O3S. The first kappa shape index (κ1) is 16.5. The molecule has 2 rings (SSSR count). The molecule has 0 unspecified atom stereocenters.